The van der Waals surface area contributed by atoms with Gasteiger partial charge in [-0.3, -0.25) is 4.18 Å². The highest BCUT2D eigenvalue weighted by Gasteiger charge is 2.13. The summed E-state index contributed by atoms with van der Waals surface area (Å²) in [6.07, 6.45) is 8.15. The molecule has 1 saturated heterocycles. The fourth-order valence-corrected chi connectivity index (χ4v) is 2.10. The van der Waals surface area contributed by atoms with Crippen LogP contribution in [0.15, 0.2) is 0 Å². The van der Waals surface area contributed by atoms with Crippen molar-refractivity contribution in [2.45, 2.75) is 51.2 Å². The van der Waals surface area contributed by atoms with Crippen molar-refractivity contribution in [2.24, 2.45) is 0 Å². The minimum Gasteiger partial charge on any atom is -0.353 e. The normalized spacial score (nSPS) is 19.4. The van der Waals surface area contributed by atoms with Crippen molar-refractivity contribution >= 4 is 10.1 Å². The Kier molecular flexibility index (Phi) is 8.86. The quantitative estimate of drug-likeness (QED) is 0.390. The zero-order valence-electron chi connectivity index (χ0n) is 12.1. The largest absolute Gasteiger partial charge is 0.353 e. The van der Waals surface area contributed by atoms with Crippen LogP contribution in [-0.4, -0.2) is 40.8 Å². The molecule has 0 amide bonds. The van der Waals surface area contributed by atoms with Crippen molar-refractivity contribution in [3.63, 3.8) is 0 Å². The lowest BCUT2D eigenvalue weighted by Gasteiger charge is -2.22. The van der Waals surface area contributed by atoms with E-state index < -0.39 is 10.1 Å². The van der Waals surface area contributed by atoms with Gasteiger partial charge in [0.25, 0.3) is 10.1 Å². The van der Waals surface area contributed by atoms with E-state index in [2.05, 4.69) is 16.0 Å². The van der Waals surface area contributed by atoms with Gasteiger partial charge in [-0.05, 0) is 32.1 Å². The van der Waals surface area contributed by atoms with Gasteiger partial charge >= 0.3 is 0 Å². The second-order valence-corrected chi connectivity index (χ2v) is 6.44. The topological polar surface area (TPSA) is 61.8 Å². The summed E-state index contributed by atoms with van der Waals surface area (Å²) in [5.41, 5.74) is 0. The first-order valence-corrected chi connectivity index (χ1v) is 8.93. The van der Waals surface area contributed by atoms with Crippen LogP contribution in [0.5, 0.6) is 0 Å². The smallest absolute Gasteiger partial charge is 0.265 e. The highest BCUT2D eigenvalue weighted by Crippen LogP contribution is 2.14. The number of hydrogen-bond donors (Lipinski definition) is 0. The van der Waals surface area contributed by atoms with Gasteiger partial charge in [0.05, 0.1) is 6.26 Å². The zero-order chi connectivity index (χ0) is 14.7. The number of unbranched alkanes of at least 4 members (excludes halogenated alkanes) is 3. The molecule has 0 saturated carbocycles. The predicted molar refractivity (Wildman–Crippen MR) is 76.6 cm³/mol. The third kappa shape index (κ3) is 10.2. The van der Waals surface area contributed by atoms with E-state index in [4.69, 9.17) is 9.47 Å². The van der Waals surface area contributed by atoms with Gasteiger partial charge in [-0.25, -0.2) is 0 Å². The monoisotopic (exact) mass is 304 g/mol. The summed E-state index contributed by atoms with van der Waals surface area (Å²) >= 11 is 0. The highest BCUT2D eigenvalue weighted by molar-refractivity contribution is 7.85. The van der Waals surface area contributed by atoms with Crippen LogP contribution in [0.4, 0.5) is 0 Å². The minimum atomic E-state index is -3.37. The van der Waals surface area contributed by atoms with Crippen LogP contribution in [0.2, 0.25) is 0 Å². The Morgan fingerprint density at radius 3 is 2.75 bits per heavy atom. The van der Waals surface area contributed by atoms with Crippen molar-refractivity contribution in [3.8, 4) is 11.8 Å². The lowest BCUT2D eigenvalue weighted by atomic mass is 10.2. The predicted octanol–water partition coefficient (Wildman–Crippen LogP) is 2.07. The van der Waals surface area contributed by atoms with Gasteiger partial charge in [-0.2, -0.15) is 8.42 Å². The molecule has 1 atom stereocenters. The van der Waals surface area contributed by atoms with Crippen LogP contribution < -0.4 is 0 Å². The molecular weight excluding hydrogens is 280 g/mol. The van der Waals surface area contributed by atoms with Crippen LogP contribution in [0.25, 0.3) is 0 Å². The molecule has 0 radical (unpaired) electrons. The standard InChI is InChI=1S/C14H24O5S/c1-20(15,16)19-13-8-5-3-2-4-7-11-17-14-10-6-9-12-18-14/h14H,2-4,6-7,9-13H2,1H3. The van der Waals surface area contributed by atoms with Gasteiger partial charge in [0, 0.05) is 19.6 Å². The summed E-state index contributed by atoms with van der Waals surface area (Å²) in [5.74, 6) is 5.58. The second kappa shape index (κ2) is 10.2. The summed E-state index contributed by atoms with van der Waals surface area (Å²) in [7, 11) is -3.37. The molecule has 1 aliphatic rings. The molecule has 1 aliphatic heterocycles. The van der Waals surface area contributed by atoms with Crippen LogP contribution in [-0.2, 0) is 23.8 Å². The highest BCUT2D eigenvalue weighted by atomic mass is 32.2. The average molecular weight is 304 g/mol. The van der Waals surface area contributed by atoms with E-state index >= 15 is 0 Å². The Balaban J connectivity index is 1.88. The van der Waals surface area contributed by atoms with E-state index in [1.54, 1.807) is 0 Å². The molecule has 0 N–H and O–H groups in total. The summed E-state index contributed by atoms with van der Waals surface area (Å²) in [6.45, 7) is 1.49. The maximum absolute atomic E-state index is 10.7. The van der Waals surface area contributed by atoms with E-state index in [-0.39, 0.29) is 12.9 Å². The van der Waals surface area contributed by atoms with Gasteiger partial charge in [0.1, 0.15) is 6.61 Å². The molecule has 116 valence electrons. The molecular formula is C14H24O5S. The third-order valence-electron chi connectivity index (χ3n) is 2.86. The van der Waals surface area contributed by atoms with Crippen molar-refractivity contribution < 1.29 is 22.1 Å². The first-order chi connectivity index (χ1) is 9.58. The molecule has 0 aliphatic carbocycles. The number of rotatable bonds is 8. The maximum Gasteiger partial charge on any atom is 0.265 e. The molecule has 20 heavy (non-hydrogen) atoms. The fraction of sp³-hybridized carbons (Fsp3) is 0.857. The summed E-state index contributed by atoms with van der Waals surface area (Å²) in [5, 5.41) is 0. The Morgan fingerprint density at radius 1 is 1.20 bits per heavy atom. The van der Waals surface area contributed by atoms with Crippen LogP contribution in [0, 0.1) is 11.8 Å². The molecule has 1 rings (SSSR count). The van der Waals surface area contributed by atoms with E-state index in [1.807, 2.05) is 0 Å². The van der Waals surface area contributed by atoms with Gasteiger partial charge in [-0.1, -0.05) is 12.3 Å². The van der Waals surface area contributed by atoms with E-state index in [0.717, 1.165) is 58.0 Å². The van der Waals surface area contributed by atoms with E-state index in [0.29, 0.717) is 0 Å². The Morgan fingerprint density at radius 2 is 2.05 bits per heavy atom. The van der Waals surface area contributed by atoms with Gasteiger partial charge < -0.3 is 9.47 Å². The third-order valence-corrected chi connectivity index (χ3v) is 3.40. The molecule has 6 heteroatoms. The molecule has 0 aromatic carbocycles. The molecule has 0 bridgehead atoms. The summed E-state index contributed by atoms with van der Waals surface area (Å²) in [6, 6.07) is 0. The van der Waals surface area contributed by atoms with Gasteiger partial charge in [-0.15, -0.1) is 5.92 Å². The number of hydrogen-bond acceptors (Lipinski definition) is 5. The average Bonchev–Trinajstić information content (AvgIpc) is 2.41. The first kappa shape index (κ1) is 17.4. The molecule has 0 aromatic heterocycles. The summed E-state index contributed by atoms with van der Waals surface area (Å²) in [4.78, 5) is 0. The molecule has 1 unspecified atom stereocenters. The van der Waals surface area contributed by atoms with Crippen molar-refractivity contribution in [2.75, 3.05) is 26.1 Å². The Labute approximate surface area is 122 Å². The van der Waals surface area contributed by atoms with Gasteiger partial charge in [0.2, 0.25) is 0 Å². The Bertz CT molecular complexity index is 401. The first-order valence-electron chi connectivity index (χ1n) is 7.11. The van der Waals surface area contributed by atoms with Gasteiger partial charge in [0.15, 0.2) is 6.29 Å². The lowest BCUT2D eigenvalue weighted by Crippen LogP contribution is -2.22. The fourth-order valence-electron chi connectivity index (χ4n) is 1.83. The van der Waals surface area contributed by atoms with E-state index in [9.17, 15) is 8.42 Å². The summed E-state index contributed by atoms with van der Waals surface area (Å²) < 4.78 is 36.9. The molecule has 0 spiro atoms. The minimum absolute atomic E-state index is 0.00307. The van der Waals surface area contributed by atoms with Crippen molar-refractivity contribution in [3.05, 3.63) is 0 Å². The van der Waals surface area contributed by atoms with Crippen LogP contribution >= 0.6 is 0 Å². The van der Waals surface area contributed by atoms with Crippen LogP contribution in [0.3, 0.4) is 0 Å². The Hall–Kier alpha value is -0.610. The van der Waals surface area contributed by atoms with Crippen molar-refractivity contribution in [1.82, 2.24) is 0 Å². The SMILES string of the molecule is CS(=O)(=O)OCC#CCCCCCOC1CCCCO1. The molecule has 0 aromatic rings. The van der Waals surface area contributed by atoms with Crippen LogP contribution in [0.1, 0.15) is 44.9 Å². The number of ether oxygens (including phenoxy) is 2. The molecule has 5 nitrogen and oxygen atoms in total. The maximum atomic E-state index is 10.7. The molecule has 1 heterocycles. The zero-order valence-corrected chi connectivity index (χ0v) is 12.9. The van der Waals surface area contributed by atoms with E-state index in [1.165, 1.54) is 6.42 Å². The molecule has 1 fully saturated rings. The lowest BCUT2D eigenvalue weighted by molar-refractivity contribution is -0.162. The van der Waals surface area contributed by atoms with Crippen molar-refractivity contribution in [1.29, 1.82) is 0 Å². The second-order valence-electron chi connectivity index (χ2n) is 4.80.